The molecule has 0 spiro atoms. The van der Waals surface area contributed by atoms with Gasteiger partial charge < -0.3 is 20.5 Å². The van der Waals surface area contributed by atoms with Crippen LogP contribution in [-0.4, -0.2) is 57.8 Å². The number of rotatable bonds is 7. The second-order valence-electron chi connectivity index (χ2n) is 7.53. The Morgan fingerprint density at radius 2 is 2.15 bits per heavy atom. The zero-order valence-corrected chi connectivity index (χ0v) is 19.2. The molecule has 1 saturated heterocycles. The Hall–Kier alpha value is -2.93. The number of fused-ring (bicyclic) bond motifs is 1. The lowest BCUT2D eigenvalue weighted by Crippen LogP contribution is -2.48. The molecule has 1 aromatic heterocycles. The highest BCUT2D eigenvalue weighted by Crippen LogP contribution is 2.50. The van der Waals surface area contributed by atoms with E-state index in [0.29, 0.717) is 6.61 Å². The number of hydrogen-bond acceptors (Lipinski definition) is 8. The van der Waals surface area contributed by atoms with Gasteiger partial charge in [0.1, 0.15) is 17.1 Å². The third kappa shape index (κ3) is 5.41. The summed E-state index contributed by atoms with van der Waals surface area (Å²) in [5.41, 5.74) is 4.05. The topological polar surface area (TPSA) is 112 Å². The summed E-state index contributed by atoms with van der Waals surface area (Å²) < 4.78 is 65.4. The quantitative estimate of drug-likeness (QED) is 0.436. The molecule has 1 fully saturated rings. The highest BCUT2D eigenvalue weighted by molar-refractivity contribution is 8.13. The number of carbonyl (C=O) groups excluding carboxylic acids is 1. The number of amides is 1. The molecule has 3 N–H and O–H groups in total. The zero-order valence-electron chi connectivity index (χ0n) is 18.4. The van der Waals surface area contributed by atoms with Crippen LogP contribution in [0.5, 0.6) is 5.88 Å². The summed E-state index contributed by atoms with van der Waals surface area (Å²) >= 11 is 0.955. The number of nitrogens with two attached hydrogens (primary N) is 1. The van der Waals surface area contributed by atoms with Gasteiger partial charge in [-0.25, -0.2) is 19.4 Å². The van der Waals surface area contributed by atoms with E-state index in [0.717, 1.165) is 17.8 Å². The van der Waals surface area contributed by atoms with Crippen LogP contribution >= 0.6 is 11.8 Å². The summed E-state index contributed by atoms with van der Waals surface area (Å²) in [4.78, 5) is 24.3. The van der Waals surface area contributed by atoms with Gasteiger partial charge in [0.15, 0.2) is 11.3 Å². The number of nitrogens with zero attached hydrogens (tertiary/aromatic N) is 3. The largest absolute Gasteiger partial charge is 0.477 e. The third-order valence-corrected chi connectivity index (χ3v) is 6.17. The monoisotopic (exact) mass is 501 g/mol. The number of aliphatic imine (C=N–C) groups is 1. The minimum atomic E-state index is -4.64. The van der Waals surface area contributed by atoms with Crippen LogP contribution in [0.25, 0.3) is 0 Å². The van der Waals surface area contributed by atoms with Crippen LogP contribution in [0.4, 0.5) is 17.6 Å². The van der Waals surface area contributed by atoms with Gasteiger partial charge in [-0.05, 0) is 26.0 Å². The summed E-state index contributed by atoms with van der Waals surface area (Å²) in [6.45, 7) is 6.84. The minimum Gasteiger partial charge on any atom is -0.477 e. The van der Waals surface area contributed by atoms with Gasteiger partial charge >= 0.3 is 6.18 Å². The van der Waals surface area contributed by atoms with E-state index in [9.17, 15) is 18.0 Å². The van der Waals surface area contributed by atoms with Crippen LogP contribution in [0.2, 0.25) is 0 Å². The molecule has 2 aliphatic rings. The Balaban J connectivity index is 1.75. The number of alkyl halides is 3. The average Bonchev–Trinajstić information content (AvgIpc) is 3.17. The van der Waals surface area contributed by atoms with E-state index < -0.39 is 42.1 Å². The molecular formula is C21H23F4N5O3S. The van der Waals surface area contributed by atoms with Crippen molar-refractivity contribution in [3.8, 4) is 5.88 Å². The fourth-order valence-corrected chi connectivity index (χ4v) is 4.61. The maximum absolute atomic E-state index is 15.0. The van der Waals surface area contributed by atoms with E-state index in [1.807, 2.05) is 0 Å². The minimum absolute atomic E-state index is 0.0117. The van der Waals surface area contributed by atoms with E-state index >= 15 is 4.39 Å². The Morgan fingerprint density at radius 3 is 2.76 bits per heavy atom. The molecule has 0 unspecified atom stereocenters. The second kappa shape index (κ2) is 10.1. The van der Waals surface area contributed by atoms with Crippen LogP contribution in [0.3, 0.4) is 0 Å². The molecule has 2 aliphatic heterocycles. The Morgan fingerprint density at radius 1 is 1.41 bits per heavy atom. The molecule has 3 rings (SSSR count). The van der Waals surface area contributed by atoms with Crippen molar-refractivity contribution in [1.82, 2.24) is 15.3 Å². The van der Waals surface area contributed by atoms with Crippen LogP contribution in [0.15, 0.2) is 53.2 Å². The smallest absolute Gasteiger partial charge is 0.415 e. The number of ether oxygens (including phenoxy) is 2. The van der Waals surface area contributed by atoms with E-state index in [1.165, 1.54) is 25.4 Å². The van der Waals surface area contributed by atoms with Gasteiger partial charge in [0, 0.05) is 22.9 Å². The first-order valence-electron chi connectivity index (χ1n) is 10.1. The van der Waals surface area contributed by atoms with E-state index in [4.69, 9.17) is 15.2 Å². The van der Waals surface area contributed by atoms with Crippen molar-refractivity contribution >= 4 is 22.8 Å². The van der Waals surface area contributed by atoms with Crippen molar-refractivity contribution in [2.24, 2.45) is 16.6 Å². The fraction of sp³-hybridized carbons (Fsp3) is 0.429. The highest BCUT2D eigenvalue weighted by atomic mass is 32.2. The molecule has 13 heteroatoms. The molecule has 0 aromatic carbocycles. The highest BCUT2D eigenvalue weighted by Gasteiger charge is 2.62. The summed E-state index contributed by atoms with van der Waals surface area (Å²) in [5, 5.41) is 2.55. The number of nitrogens with one attached hydrogen (secondary N) is 1. The maximum atomic E-state index is 15.0. The molecule has 0 bridgehead atoms. The summed E-state index contributed by atoms with van der Waals surface area (Å²) in [7, 11) is 0. The lowest BCUT2D eigenvalue weighted by molar-refractivity contribution is -0.214. The molecule has 3 heterocycles. The second-order valence-corrected chi connectivity index (χ2v) is 8.58. The van der Waals surface area contributed by atoms with Crippen LogP contribution in [-0.2, 0) is 4.74 Å². The standard InChI is InChI=1S/C21H23F4N5O3S/c1-4-32-16-8-27-15(7-28-16)18(31)29-11(2)5-6-14(22)12(3)20-10-33-17(21(23,24)25)13(20)9-34-19(26)30-20/h5-8,13,17H,3-4,9-10H2,1-2H3,(H2,26,30)(H,29,31)/b11-5+,14-6+/t13-,17+,20-/m1/s1. The predicted molar refractivity (Wildman–Crippen MR) is 119 cm³/mol. The Bertz CT molecular complexity index is 1040. The molecule has 0 radical (unpaired) electrons. The van der Waals surface area contributed by atoms with Gasteiger partial charge in [-0.2, -0.15) is 13.2 Å². The van der Waals surface area contributed by atoms with Gasteiger partial charge in [0.25, 0.3) is 5.91 Å². The number of aromatic nitrogens is 2. The van der Waals surface area contributed by atoms with Gasteiger partial charge in [-0.3, -0.25) is 4.79 Å². The van der Waals surface area contributed by atoms with Gasteiger partial charge in [0.05, 0.1) is 25.6 Å². The third-order valence-electron chi connectivity index (χ3n) is 5.26. The molecule has 1 aromatic rings. The van der Waals surface area contributed by atoms with E-state index in [2.05, 4.69) is 26.9 Å². The molecule has 8 nitrogen and oxygen atoms in total. The number of hydrogen-bond donors (Lipinski definition) is 2. The van der Waals surface area contributed by atoms with Crippen molar-refractivity contribution in [3.05, 3.63) is 53.9 Å². The first kappa shape index (κ1) is 25.7. The van der Waals surface area contributed by atoms with Crippen LogP contribution in [0, 0.1) is 5.92 Å². The fourth-order valence-electron chi connectivity index (χ4n) is 3.58. The Kier molecular flexibility index (Phi) is 7.66. The summed E-state index contributed by atoms with van der Waals surface area (Å²) in [6.07, 6.45) is -1.99. The van der Waals surface area contributed by atoms with Crippen molar-refractivity contribution in [2.75, 3.05) is 19.0 Å². The SMILES string of the molecule is C=C(/C(F)=C\C=C(/C)NC(=O)c1cnc(OCC)cn1)[C@]12CO[C@H](C(F)(F)F)[C@H]1CSC(N)=N2. The van der Waals surface area contributed by atoms with Gasteiger partial charge in [-0.1, -0.05) is 18.3 Å². The van der Waals surface area contributed by atoms with Gasteiger partial charge in [-0.15, -0.1) is 0 Å². The molecule has 184 valence electrons. The van der Waals surface area contributed by atoms with Crippen LogP contribution in [0.1, 0.15) is 24.3 Å². The number of allylic oxidation sites excluding steroid dienone is 3. The van der Waals surface area contributed by atoms with Crippen molar-refractivity contribution in [3.63, 3.8) is 0 Å². The maximum Gasteiger partial charge on any atom is 0.415 e. The lowest BCUT2D eigenvalue weighted by Gasteiger charge is -2.36. The number of halogens is 4. The number of amidine groups is 1. The Labute approximate surface area is 197 Å². The summed E-state index contributed by atoms with van der Waals surface area (Å²) in [5.74, 6) is -2.45. The number of thioether (sulfide) groups is 1. The normalized spacial score (nSPS) is 25.4. The molecular weight excluding hydrogens is 478 g/mol. The number of carbonyl (C=O) groups is 1. The molecule has 3 atom stereocenters. The first-order valence-corrected chi connectivity index (χ1v) is 11.1. The van der Waals surface area contributed by atoms with Crippen molar-refractivity contribution in [2.45, 2.75) is 31.7 Å². The molecule has 1 amide bonds. The predicted octanol–water partition coefficient (Wildman–Crippen LogP) is 3.30. The lowest BCUT2D eigenvalue weighted by atomic mass is 9.78. The van der Waals surface area contributed by atoms with Crippen molar-refractivity contribution < 1.29 is 31.8 Å². The van der Waals surface area contributed by atoms with Crippen molar-refractivity contribution in [1.29, 1.82) is 0 Å². The molecule has 34 heavy (non-hydrogen) atoms. The van der Waals surface area contributed by atoms with E-state index in [-0.39, 0.29) is 33.8 Å². The van der Waals surface area contributed by atoms with Crippen LogP contribution < -0.4 is 15.8 Å². The van der Waals surface area contributed by atoms with Gasteiger partial charge in [0.2, 0.25) is 5.88 Å². The summed E-state index contributed by atoms with van der Waals surface area (Å²) in [6, 6.07) is 0. The molecule has 0 aliphatic carbocycles. The first-order chi connectivity index (χ1) is 16.0. The molecule has 0 saturated carbocycles. The average molecular weight is 502 g/mol. The zero-order chi connectivity index (χ0) is 25.1. The van der Waals surface area contributed by atoms with E-state index in [1.54, 1.807) is 6.92 Å².